The maximum Gasteiger partial charge on any atom is 0.333 e. The van der Waals surface area contributed by atoms with E-state index in [1.54, 1.807) is 13.8 Å². The van der Waals surface area contributed by atoms with E-state index in [1.807, 2.05) is 0 Å². The Morgan fingerprint density at radius 3 is 2.25 bits per heavy atom. The second-order valence-corrected chi connectivity index (χ2v) is 8.09. The molecule has 4 fully saturated rings. The molecule has 6 atom stereocenters. The van der Waals surface area contributed by atoms with Gasteiger partial charge in [-0.05, 0) is 39.5 Å². The molecule has 28 heavy (non-hydrogen) atoms. The van der Waals surface area contributed by atoms with Crippen LogP contribution in [0.5, 0.6) is 0 Å². The minimum atomic E-state index is -0.505. The van der Waals surface area contributed by atoms with Gasteiger partial charge in [-0.15, -0.1) is 0 Å². The molecule has 2 bridgehead atoms. The van der Waals surface area contributed by atoms with Crippen LogP contribution in [0.2, 0.25) is 0 Å². The zero-order valence-electron chi connectivity index (χ0n) is 16.3. The largest absolute Gasteiger partial charge is 0.458 e. The summed E-state index contributed by atoms with van der Waals surface area (Å²) in [7, 11) is 0. The summed E-state index contributed by atoms with van der Waals surface area (Å²) in [6.45, 7) is 10.2. The number of esters is 3. The van der Waals surface area contributed by atoms with Gasteiger partial charge in [-0.1, -0.05) is 13.2 Å². The Hall–Kier alpha value is -2.44. The van der Waals surface area contributed by atoms with E-state index in [2.05, 4.69) is 13.2 Å². The van der Waals surface area contributed by atoms with Crippen molar-refractivity contribution in [3.63, 3.8) is 0 Å². The third-order valence-electron chi connectivity index (χ3n) is 5.85. The van der Waals surface area contributed by atoms with E-state index in [-0.39, 0.29) is 41.8 Å². The van der Waals surface area contributed by atoms with Crippen molar-refractivity contribution >= 4 is 23.7 Å². The fraction of sp³-hybridized carbons (Fsp3) is 0.619. The molecule has 1 heterocycles. The van der Waals surface area contributed by atoms with Gasteiger partial charge in [-0.2, -0.15) is 0 Å². The highest BCUT2D eigenvalue weighted by molar-refractivity contribution is 5.92. The Kier molecular flexibility index (Phi) is 5.72. The monoisotopic (exact) mass is 390 g/mol. The number of carbonyl (C=O) groups excluding carboxylic acids is 4. The molecule has 0 spiro atoms. The summed E-state index contributed by atoms with van der Waals surface area (Å²) in [6.07, 6.45) is 2.85. The summed E-state index contributed by atoms with van der Waals surface area (Å²) in [5, 5.41) is 0. The van der Waals surface area contributed by atoms with Crippen molar-refractivity contribution in [1.29, 1.82) is 0 Å². The molecule has 0 aromatic carbocycles. The lowest BCUT2D eigenvalue weighted by Gasteiger charge is -2.25. The number of ether oxygens (including phenoxy) is 3. The van der Waals surface area contributed by atoms with Crippen LogP contribution in [-0.2, 0) is 33.4 Å². The topological polar surface area (TPSA) is 96.0 Å². The van der Waals surface area contributed by atoms with Crippen LogP contribution in [0.4, 0.5) is 0 Å². The lowest BCUT2D eigenvalue weighted by atomic mass is 9.88. The van der Waals surface area contributed by atoms with E-state index in [0.717, 1.165) is 19.3 Å². The van der Waals surface area contributed by atoms with Crippen molar-refractivity contribution in [2.24, 2.45) is 17.8 Å². The number of fused-ring (bicyclic) bond motifs is 1. The number of hydrogen-bond donors (Lipinski definition) is 0. The standard InChI is InChI=1S/C12H14O4.C9H12O3/c1-5(2)11(13)15-9-6-3-7-8(4-6)12(14)16-10(7)9;1-6(2)9(11)12-8-5-3-4-7(8)10/h6-10H,1,3-4H2,2H3;8H,1,3-5H2,2H3. The van der Waals surface area contributed by atoms with Crippen molar-refractivity contribution in [1.82, 2.24) is 0 Å². The van der Waals surface area contributed by atoms with Crippen molar-refractivity contribution in [3.8, 4) is 0 Å². The van der Waals surface area contributed by atoms with Crippen LogP contribution in [0.1, 0.15) is 46.0 Å². The third kappa shape index (κ3) is 3.88. The molecule has 6 unspecified atom stereocenters. The maximum absolute atomic E-state index is 11.5. The minimum Gasteiger partial charge on any atom is -0.458 e. The van der Waals surface area contributed by atoms with Gasteiger partial charge < -0.3 is 14.2 Å². The normalized spacial score (nSPS) is 34.4. The summed E-state index contributed by atoms with van der Waals surface area (Å²) in [5.41, 5.74) is 0.735. The molecule has 3 saturated carbocycles. The lowest BCUT2D eigenvalue weighted by molar-refractivity contribution is -0.158. The smallest absolute Gasteiger partial charge is 0.333 e. The van der Waals surface area contributed by atoms with Crippen molar-refractivity contribution < 1.29 is 33.4 Å². The fourth-order valence-electron chi connectivity index (χ4n) is 4.43. The van der Waals surface area contributed by atoms with Crippen LogP contribution >= 0.6 is 0 Å². The van der Waals surface area contributed by atoms with Gasteiger partial charge in [0.15, 0.2) is 11.9 Å². The molecule has 152 valence electrons. The number of rotatable bonds is 4. The van der Waals surface area contributed by atoms with Gasteiger partial charge in [0.25, 0.3) is 0 Å². The van der Waals surface area contributed by atoms with Gasteiger partial charge in [0.2, 0.25) is 0 Å². The molecule has 1 saturated heterocycles. The lowest BCUT2D eigenvalue weighted by Crippen LogP contribution is -2.36. The molecule has 7 heteroatoms. The predicted octanol–water partition coefficient (Wildman–Crippen LogP) is 2.28. The molecule has 4 aliphatic rings. The predicted molar refractivity (Wildman–Crippen MR) is 97.8 cm³/mol. The Balaban J connectivity index is 0.000000169. The fourth-order valence-corrected chi connectivity index (χ4v) is 4.43. The Bertz CT molecular complexity index is 737. The SMILES string of the molecule is C=C(C)C(=O)OC1C2CC3C(=O)OC1C3C2.C=C(C)C(=O)OC1CCCC1=O. The van der Waals surface area contributed by atoms with Crippen LogP contribution < -0.4 is 0 Å². The van der Waals surface area contributed by atoms with Crippen LogP contribution in [0.15, 0.2) is 24.3 Å². The molecule has 1 aliphatic heterocycles. The number of ketones is 1. The van der Waals surface area contributed by atoms with E-state index in [0.29, 0.717) is 29.9 Å². The zero-order chi connectivity index (χ0) is 20.6. The second-order valence-electron chi connectivity index (χ2n) is 8.09. The molecule has 4 rings (SSSR count). The van der Waals surface area contributed by atoms with Crippen LogP contribution in [0.3, 0.4) is 0 Å². The molecular weight excluding hydrogens is 364 g/mol. The van der Waals surface area contributed by atoms with Gasteiger partial charge >= 0.3 is 17.9 Å². The summed E-state index contributed by atoms with van der Waals surface area (Å²) in [4.78, 5) is 44.9. The second kappa shape index (κ2) is 7.89. The van der Waals surface area contributed by atoms with E-state index in [4.69, 9.17) is 14.2 Å². The zero-order valence-corrected chi connectivity index (χ0v) is 16.3. The van der Waals surface area contributed by atoms with Gasteiger partial charge in [-0.25, -0.2) is 9.59 Å². The first-order valence-corrected chi connectivity index (χ1v) is 9.65. The van der Waals surface area contributed by atoms with E-state index in [1.165, 1.54) is 0 Å². The highest BCUT2D eigenvalue weighted by Crippen LogP contribution is 2.55. The average molecular weight is 390 g/mol. The van der Waals surface area contributed by atoms with Crippen LogP contribution in [-0.4, -0.2) is 42.0 Å². The Morgan fingerprint density at radius 1 is 1.04 bits per heavy atom. The molecule has 0 N–H and O–H groups in total. The average Bonchev–Trinajstić information content (AvgIpc) is 3.35. The quantitative estimate of drug-likeness (QED) is 0.413. The number of hydrogen-bond acceptors (Lipinski definition) is 7. The van der Waals surface area contributed by atoms with Gasteiger partial charge in [-0.3, -0.25) is 9.59 Å². The molecule has 0 aromatic heterocycles. The summed E-state index contributed by atoms with van der Waals surface area (Å²) in [6, 6.07) is 0. The van der Waals surface area contributed by atoms with Crippen molar-refractivity contribution in [3.05, 3.63) is 24.3 Å². The van der Waals surface area contributed by atoms with Gasteiger partial charge in [0.05, 0.1) is 5.92 Å². The first kappa shape index (κ1) is 20.3. The maximum atomic E-state index is 11.5. The number of Topliss-reactive ketones (excluding diaryl/α,β-unsaturated/α-hetero) is 1. The Labute approximate surface area is 164 Å². The molecular formula is C21H26O7. The Morgan fingerprint density at radius 2 is 1.68 bits per heavy atom. The molecule has 0 amide bonds. The molecule has 3 aliphatic carbocycles. The van der Waals surface area contributed by atoms with E-state index < -0.39 is 12.1 Å². The summed E-state index contributed by atoms with van der Waals surface area (Å²) < 4.78 is 15.6. The van der Waals surface area contributed by atoms with Crippen molar-refractivity contribution in [2.75, 3.05) is 0 Å². The molecule has 7 nitrogen and oxygen atoms in total. The van der Waals surface area contributed by atoms with E-state index in [9.17, 15) is 19.2 Å². The van der Waals surface area contributed by atoms with E-state index >= 15 is 0 Å². The van der Waals surface area contributed by atoms with Crippen LogP contribution in [0, 0.1) is 17.8 Å². The van der Waals surface area contributed by atoms with Crippen LogP contribution in [0.25, 0.3) is 0 Å². The third-order valence-corrected chi connectivity index (χ3v) is 5.85. The highest BCUT2D eigenvalue weighted by Gasteiger charge is 2.63. The first-order valence-electron chi connectivity index (χ1n) is 9.65. The van der Waals surface area contributed by atoms with Gasteiger partial charge in [0, 0.05) is 29.4 Å². The van der Waals surface area contributed by atoms with Gasteiger partial charge in [0.1, 0.15) is 12.2 Å². The first-order chi connectivity index (χ1) is 13.2. The summed E-state index contributed by atoms with van der Waals surface area (Å²) in [5.74, 6) is -0.270. The minimum absolute atomic E-state index is 0.0320. The molecule has 0 radical (unpaired) electrons. The highest BCUT2D eigenvalue weighted by atomic mass is 16.6. The summed E-state index contributed by atoms with van der Waals surface area (Å²) >= 11 is 0. The van der Waals surface area contributed by atoms with Crippen molar-refractivity contribution in [2.45, 2.75) is 64.3 Å². The molecule has 0 aromatic rings. The number of carbonyl (C=O) groups is 4.